The van der Waals surface area contributed by atoms with Gasteiger partial charge in [-0.25, -0.2) is 0 Å². The van der Waals surface area contributed by atoms with Gasteiger partial charge in [-0.1, -0.05) is 12.8 Å². The fourth-order valence-electron chi connectivity index (χ4n) is 2.75. The first kappa shape index (κ1) is 7.56. The van der Waals surface area contributed by atoms with Crippen LogP contribution in [0.25, 0.3) is 0 Å². The lowest BCUT2D eigenvalue weighted by atomic mass is 9.68. The molecule has 2 bridgehead atoms. The number of aliphatic hydroxyl groups excluding tert-OH is 1. The van der Waals surface area contributed by atoms with Gasteiger partial charge in [0, 0.05) is 6.42 Å². The predicted molar refractivity (Wildman–Crippen MR) is 42.1 cm³/mol. The molecule has 2 heteroatoms. The Labute approximate surface area is 67.2 Å². The van der Waals surface area contributed by atoms with Crippen LogP contribution in [0.1, 0.15) is 38.5 Å². The molecule has 2 nitrogen and oxygen atoms in total. The maximum Gasteiger partial charge on any atom is 0.0675 e. The normalized spacial score (nSPS) is 50.7. The van der Waals surface area contributed by atoms with Crippen molar-refractivity contribution in [2.75, 3.05) is 0 Å². The zero-order valence-electron chi connectivity index (χ0n) is 6.79. The topological polar surface area (TPSA) is 40.5 Å². The van der Waals surface area contributed by atoms with Gasteiger partial charge < -0.3 is 10.2 Å². The number of hydrogen-bond acceptors (Lipinski definition) is 2. The Hall–Kier alpha value is -0.0800. The van der Waals surface area contributed by atoms with Crippen molar-refractivity contribution < 1.29 is 10.2 Å². The van der Waals surface area contributed by atoms with Crippen LogP contribution in [-0.2, 0) is 0 Å². The summed E-state index contributed by atoms with van der Waals surface area (Å²) in [7, 11) is 0. The molecule has 0 spiro atoms. The molecule has 3 atom stereocenters. The molecule has 2 N–H and O–H groups in total. The van der Waals surface area contributed by atoms with Crippen LogP contribution in [0.3, 0.4) is 0 Å². The van der Waals surface area contributed by atoms with E-state index in [0.29, 0.717) is 12.3 Å². The van der Waals surface area contributed by atoms with Crippen LogP contribution in [0.4, 0.5) is 0 Å². The molecule has 0 aromatic heterocycles. The molecule has 0 aromatic rings. The fraction of sp³-hybridized carbons (Fsp3) is 1.00. The van der Waals surface area contributed by atoms with Crippen LogP contribution in [0.15, 0.2) is 0 Å². The number of aliphatic hydroxyl groups is 2. The van der Waals surface area contributed by atoms with Crippen molar-refractivity contribution in [2.24, 2.45) is 5.92 Å². The maximum absolute atomic E-state index is 9.91. The highest BCUT2D eigenvalue weighted by Crippen LogP contribution is 2.42. The van der Waals surface area contributed by atoms with E-state index in [1.165, 1.54) is 6.42 Å². The number of fused-ring (bicyclic) bond motifs is 2. The molecule has 0 unspecified atom stereocenters. The van der Waals surface area contributed by atoms with Crippen molar-refractivity contribution in [1.29, 1.82) is 0 Å². The molecule has 64 valence electrons. The largest absolute Gasteiger partial charge is 0.393 e. The lowest BCUT2D eigenvalue weighted by molar-refractivity contribution is -0.0906. The second-order valence-corrected chi connectivity index (χ2v) is 4.28. The van der Waals surface area contributed by atoms with Crippen LogP contribution in [0, 0.1) is 5.92 Å². The predicted octanol–water partition coefficient (Wildman–Crippen LogP) is 1.06. The summed E-state index contributed by atoms with van der Waals surface area (Å²) in [5.41, 5.74) is -0.499. The maximum atomic E-state index is 9.91. The fourth-order valence-corrected chi connectivity index (χ4v) is 2.75. The van der Waals surface area contributed by atoms with Crippen LogP contribution in [-0.4, -0.2) is 21.9 Å². The van der Waals surface area contributed by atoms with E-state index >= 15 is 0 Å². The molecule has 0 saturated heterocycles. The van der Waals surface area contributed by atoms with Gasteiger partial charge in [-0.05, 0) is 25.2 Å². The van der Waals surface area contributed by atoms with Gasteiger partial charge in [-0.3, -0.25) is 0 Å². The second kappa shape index (κ2) is 2.46. The van der Waals surface area contributed by atoms with Gasteiger partial charge in [0.05, 0.1) is 11.7 Å². The molecule has 2 rings (SSSR count). The van der Waals surface area contributed by atoms with Gasteiger partial charge in [0.25, 0.3) is 0 Å². The number of hydrogen-bond donors (Lipinski definition) is 2. The average Bonchev–Trinajstić information content (AvgIpc) is 1.82. The van der Waals surface area contributed by atoms with Gasteiger partial charge in [-0.15, -0.1) is 0 Å². The molecular weight excluding hydrogens is 140 g/mol. The number of rotatable bonds is 0. The second-order valence-electron chi connectivity index (χ2n) is 4.28. The Kier molecular flexibility index (Phi) is 1.69. The summed E-state index contributed by atoms with van der Waals surface area (Å²) in [6, 6.07) is 0. The van der Waals surface area contributed by atoms with Crippen molar-refractivity contribution in [3.8, 4) is 0 Å². The minimum absolute atomic E-state index is 0.237. The molecule has 2 aliphatic rings. The Morgan fingerprint density at radius 3 is 2.82 bits per heavy atom. The third kappa shape index (κ3) is 1.42. The van der Waals surface area contributed by atoms with E-state index in [2.05, 4.69) is 0 Å². The van der Waals surface area contributed by atoms with Gasteiger partial charge >= 0.3 is 0 Å². The molecule has 0 amide bonds. The monoisotopic (exact) mass is 156 g/mol. The Morgan fingerprint density at radius 1 is 1.27 bits per heavy atom. The summed E-state index contributed by atoms with van der Waals surface area (Å²) >= 11 is 0. The lowest BCUT2D eigenvalue weighted by Crippen LogP contribution is -2.44. The van der Waals surface area contributed by atoms with Crippen molar-refractivity contribution >= 4 is 0 Å². The van der Waals surface area contributed by atoms with E-state index in [4.69, 9.17) is 0 Å². The summed E-state index contributed by atoms with van der Waals surface area (Å²) in [6.45, 7) is 0. The van der Waals surface area contributed by atoms with E-state index < -0.39 is 5.60 Å². The Morgan fingerprint density at radius 2 is 2.09 bits per heavy atom. The summed E-state index contributed by atoms with van der Waals surface area (Å²) in [5.74, 6) is 0.595. The Bertz CT molecular complexity index is 154. The van der Waals surface area contributed by atoms with E-state index in [1.807, 2.05) is 0 Å². The van der Waals surface area contributed by atoms with Gasteiger partial charge in [0.2, 0.25) is 0 Å². The third-order valence-electron chi connectivity index (χ3n) is 3.14. The molecule has 2 aliphatic carbocycles. The highest BCUT2D eigenvalue weighted by molar-refractivity contribution is 4.93. The first-order chi connectivity index (χ1) is 5.18. The zero-order chi connectivity index (χ0) is 7.90. The van der Waals surface area contributed by atoms with E-state index in [1.54, 1.807) is 0 Å². The first-order valence-electron chi connectivity index (χ1n) is 4.58. The summed E-state index contributed by atoms with van der Waals surface area (Å²) in [4.78, 5) is 0. The highest BCUT2D eigenvalue weighted by Gasteiger charge is 2.40. The smallest absolute Gasteiger partial charge is 0.0675 e. The van der Waals surface area contributed by atoms with Crippen molar-refractivity contribution in [3.05, 3.63) is 0 Å². The average molecular weight is 156 g/mol. The molecule has 11 heavy (non-hydrogen) atoms. The van der Waals surface area contributed by atoms with Gasteiger partial charge in [0.1, 0.15) is 0 Å². The van der Waals surface area contributed by atoms with Gasteiger partial charge in [-0.2, -0.15) is 0 Å². The molecular formula is C9H16O2. The molecule has 0 radical (unpaired) electrons. The summed E-state index contributed by atoms with van der Waals surface area (Å²) in [6.07, 6.45) is 5.49. The first-order valence-corrected chi connectivity index (χ1v) is 4.58. The summed E-state index contributed by atoms with van der Waals surface area (Å²) < 4.78 is 0. The van der Waals surface area contributed by atoms with E-state index in [9.17, 15) is 10.2 Å². The minimum atomic E-state index is -0.499. The Balaban J connectivity index is 2.09. The third-order valence-corrected chi connectivity index (χ3v) is 3.14. The molecule has 0 heterocycles. The van der Waals surface area contributed by atoms with Crippen molar-refractivity contribution in [3.63, 3.8) is 0 Å². The van der Waals surface area contributed by atoms with Crippen LogP contribution < -0.4 is 0 Å². The molecule has 2 saturated carbocycles. The van der Waals surface area contributed by atoms with Crippen molar-refractivity contribution in [2.45, 2.75) is 50.2 Å². The summed E-state index contributed by atoms with van der Waals surface area (Å²) in [5, 5.41) is 19.3. The van der Waals surface area contributed by atoms with Crippen LogP contribution in [0.5, 0.6) is 0 Å². The molecule has 0 aromatic carbocycles. The zero-order valence-corrected chi connectivity index (χ0v) is 6.79. The van der Waals surface area contributed by atoms with Gasteiger partial charge in [0.15, 0.2) is 0 Å². The van der Waals surface area contributed by atoms with Crippen LogP contribution in [0.2, 0.25) is 0 Å². The molecule has 0 aliphatic heterocycles. The SMILES string of the molecule is O[C@H]1C[C@@H]2CCC[C@@](O)(C1)C2. The standard InChI is InChI=1S/C9H16O2/c10-8-4-7-2-1-3-9(11,5-7)6-8/h7-8,10-11H,1-6H2/t7-,8-,9-/m0/s1. The molecule has 2 fully saturated rings. The lowest BCUT2D eigenvalue weighted by Gasteiger charge is -2.43. The van der Waals surface area contributed by atoms with Crippen LogP contribution >= 0.6 is 0 Å². The van der Waals surface area contributed by atoms with E-state index in [-0.39, 0.29) is 6.10 Å². The van der Waals surface area contributed by atoms with E-state index in [0.717, 1.165) is 25.7 Å². The quantitative estimate of drug-likeness (QED) is 0.550. The highest BCUT2D eigenvalue weighted by atomic mass is 16.3. The van der Waals surface area contributed by atoms with Crippen molar-refractivity contribution in [1.82, 2.24) is 0 Å². The minimum Gasteiger partial charge on any atom is -0.393 e.